The zero-order valence-corrected chi connectivity index (χ0v) is 9.33. The number of H-pyrrole nitrogens is 1. The van der Waals surface area contributed by atoms with Crippen LogP contribution in [0.25, 0.3) is 11.0 Å². The van der Waals surface area contributed by atoms with Crippen LogP contribution < -0.4 is 5.84 Å². The molecule has 2 rings (SSSR count). The second-order valence-corrected chi connectivity index (χ2v) is 2.94. The van der Waals surface area contributed by atoms with Gasteiger partial charge in [-0.3, -0.25) is 0 Å². The lowest BCUT2D eigenvalue weighted by molar-refractivity contribution is 1.24. The Morgan fingerprint density at radius 2 is 2.00 bits per heavy atom. The minimum Gasteiger partial charge on any atom is -0.344 e. The van der Waals surface area contributed by atoms with Crippen molar-refractivity contribution in [3.8, 4) is 13.1 Å². The molecule has 0 unspecified atom stereocenters. The standard InChI is InChI=1S/C9H10N4.2CHN/c1-6-2-8-3-7(5-12-10)4-11-9(8)13-6;2*1-2/h2-5H,10H2,1H3,(H,11,13);2*1H. The van der Waals surface area contributed by atoms with Gasteiger partial charge in [0.2, 0.25) is 0 Å². The predicted molar refractivity (Wildman–Crippen MR) is 66.0 cm³/mol. The SMILES string of the molecule is C#N.C#N.Cc1cc2cc(C=NN)cnc2[nH]1. The molecule has 2 aromatic rings. The van der Waals surface area contributed by atoms with E-state index in [1.165, 1.54) is 0 Å². The molecule has 0 saturated heterocycles. The molecule has 0 atom stereocenters. The Labute approximate surface area is 99.0 Å². The highest BCUT2D eigenvalue weighted by molar-refractivity contribution is 5.86. The fraction of sp³-hybridized carbons (Fsp3) is 0.0909. The fourth-order valence-corrected chi connectivity index (χ4v) is 1.33. The smallest absolute Gasteiger partial charge is 0.137 e. The summed E-state index contributed by atoms with van der Waals surface area (Å²) in [4.78, 5) is 7.36. The molecule has 0 spiro atoms. The van der Waals surface area contributed by atoms with Gasteiger partial charge in [-0.15, -0.1) is 0 Å². The summed E-state index contributed by atoms with van der Waals surface area (Å²) in [5.41, 5.74) is 2.91. The van der Waals surface area contributed by atoms with E-state index < -0.39 is 0 Å². The highest BCUT2D eigenvalue weighted by atomic mass is 15.1. The molecule has 0 aliphatic rings. The van der Waals surface area contributed by atoms with Crippen LogP contribution in [0, 0.1) is 30.6 Å². The third-order valence-corrected chi connectivity index (χ3v) is 1.85. The van der Waals surface area contributed by atoms with Crippen molar-refractivity contribution in [3.05, 3.63) is 29.6 Å². The molecule has 3 N–H and O–H groups in total. The van der Waals surface area contributed by atoms with Gasteiger partial charge in [0, 0.05) is 36.0 Å². The molecule has 0 aromatic carbocycles. The predicted octanol–water partition coefficient (Wildman–Crippen LogP) is 1.44. The van der Waals surface area contributed by atoms with E-state index in [-0.39, 0.29) is 0 Å². The van der Waals surface area contributed by atoms with E-state index in [0.717, 1.165) is 22.3 Å². The van der Waals surface area contributed by atoms with Crippen molar-refractivity contribution in [1.82, 2.24) is 9.97 Å². The molecule has 86 valence electrons. The topological polar surface area (TPSA) is 115 Å². The van der Waals surface area contributed by atoms with Gasteiger partial charge in [0.15, 0.2) is 0 Å². The summed E-state index contributed by atoms with van der Waals surface area (Å²) >= 11 is 0. The first-order chi connectivity index (χ1) is 8.29. The van der Waals surface area contributed by atoms with Gasteiger partial charge in [-0.1, -0.05) is 0 Å². The van der Waals surface area contributed by atoms with Crippen molar-refractivity contribution >= 4 is 17.2 Å². The number of nitrogens with two attached hydrogens (primary N) is 1. The minimum absolute atomic E-state index is 0.895. The Morgan fingerprint density at radius 3 is 2.59 bits per heavy atom. The van der Waals surface area contributed by atoms with Gasteiger partial charge in [0.1, 0.15) is 5.65 Å². The van der Waals surface area contributed by atoms with Crippen LogP contribution in [0.3, 0.4) is 0 Å². The zero-order chi connectivity index (χ0) is 13.3. The summed E-state index contributed by atoms with van der Waals surface area (Å²) in [5, 5.41) is 17.5. The molecule has 17 heavy (non-hydrogen) atoms. The van der Waals surface area contributed by atoms with E-state index in [0.29, 0.717) is 0 Å². The Morgan fingerprint density at radius 1 is 1.35 bits per heavy atom. The number of pyridine rings is 1. The molecule has 6 heteroatoms. The zero-order valence-electron chi connectivity index (χ0n) is 9.33. The van der Waals surface area contributed by atoms with Gasteiger partial charge >= 0.3 is 0 Å². The Bertz CT molecular complexity index is 528. The summed E-state index contributed by atoms with van der Waals surface area (Å²) in [6, 6.07) is 4.03. The largest absolute Gasteiger partial charge is 0.344 e. The maximum absolute atomic E-state index is 6.50. The van der Waals surface area contributed by atoms with E-state index in [9.17, 15) is 0 Å². The van der Waals surface area contributed by atoms with E-state index in [4.69, 9.17) is 16.4 Å². The van der Waals surface area contributed by atoms with Crippen LogP contribution in [0.1, 0.15) is 11.3 Å². The molecule has 0 fully saturated rings. The first-order valence-electron chi connectivity index (χ1n) is 4.50. The van der Waals surface area contributed by atoms with Crippen molar-refractivity contribution in [2.45, 2.75) is 6.92 Å². The second-order valence-electron chi connectivity index (χ2n) is 2.94. The molecule has 0 amide bonds. The molecule has 0 aliphatic carbocycles. The van der Waals surface area contributed by atoms with Gasteiger partial charge in [0.25, 0.3) is 0 Å². The number of aromatic nitrogens is 2. The lowest BCUT2D eigenvalue weighted by Gasteiger charge is -1.91. The Balaban J connectivity index is 0.000000581. The number of hydrazone groups is 1. The van der Waals surface area contributed by atoms with Gasteiger partial charge in [-0.25, -0.2) is 15.5 Å². The monoisotopic (exact) mass is 228 g/mol. The number of aromatic amines is 1. The van der Waals surface area contributed by atoms with Crippen molar-refractivity contribution in [1.29, 1.82) is 10.5 Å². The summed E-state index contributed by atoms with van der Waals surface area (Å²) in [6.45, 7) is 9.00. The second kappa shape index (κ2) is 7.43. The van der Waals surface area contributed by atoms with Crippen LogP contribution >= 0.6 is 0 Å². The molecule has 6 nitrogen and oxygen atoms in total. The van der Waals surface area contributed by atoms with Gasteiger partial charge in [-0.05, 0) is 19.1 Å². The quantitative estimate of drug-likeness (QED) is 0.436. The van der Waals surface area contributed by atoms with Crippen LogP contribution in [-0.2, 0) is 0 Å². The van der Waals surface area contributed by atoms with Crippen LogP contribution in [0.15, 0.2) is 23.4 Å². The molecule has 0 bridgehead atoms. The number of fused-ring (bicyclic) bond motifs is 1. The van der Waals surface area contributed by atoms with Gasteiger partial charge < -0.3 is 10.8 Å². The highest BCUT2D eigenvalue weighted by Gasteiger charge is 1.98. The summed E-state index contributed by atoms with van der Waals surface area (Å²) in [6.07, 6.45) is 3.31. The van der Waals surface area contributed by atoms with Crippen molar-refractivity contribution in [2.75, 3.05) is 0 Å². The number of nitrogens with zero attached hydrogens (tertiary/aromatic N) is 4. The maximum atomic E-state index is 6.50. The average Bonchev–Trinajstić information content (AvgIpc) is 2.74. The molecule has 2 aromatic heterocycles. The Hall–Kier alpha value is -2.86. The molecule has 2 heterocycles. The van der Waals surface area contributed by atoms with Crippen molar-refractivity contribution in [3.63, 3.8) is 0 Å². The van der Waals surface area contributed by atoms with Crippen LogP contribution in [0.2, 0.25) is 0 Å². The molecule has 0 saturated carbocycles. The number of hydrogen-bond acceptors (Lipinski definition) is 5. The van der Waals surface area contributed by atoms with Crippen LogP contribution in [0.4, 0.5) is 0 Å². The number of aryl methyl sites for hydroxylation is 1. The van der Waals surface area contributed by atoms with E-state index in [1.54, 1.807) is 12.4 Å². The molecular weight excluding hydrogens is 216 g/mol. The maximum Gasteiger partial charge on any atom is 0.137 e. The number of nitrogens with one attached hydrogen (secondary N) is 1. The number of nitriles is 2. The van der Waals surface area contributed by atoms with E-state index in [2.05, 4.69) is 28.2 Å². The number of hydrogen-bond donors (Lipinski definition) is 2. The fourth-order valence-electron chi connectivity index (χ4n) is 1.33. The highest BCUT2D eigenvalue weighted by Crippen LogP contribution is 2.12. The summed E-state index contributed by atoms with van der Waals surface area (Å²) < 4.78 is 0. The third-order valence-electron chi connectivity index (χ3n) is 1.85. The molecule has 0 radical (unpaired) electrons. The lowest BCUT2D eigenvalue weighted by Crippen LogP contribution is -1.87. The average molecular weight is 228 g/mol. The Kier molecular flexibility index (Phi) is 6.18. The van der Waals surface area contributed by atoms with Gasteiger partial charge in [0.05, 0.1) is 6.21 Å². The molecular formula is C11H12N6. The molecule has 0 aliphatic heterocycles. The van der Waals surface area contributed by atoms with E-state index in [1.807, 2.05) is 19.1 Å². The lowest BCUT2D eigenvalue weighted by atomic mass is 10.2. The van der Waals surface area contributed by atoms with Crippen molar-refractivity contribution < 1.29 is 0 Å². The van der Waals surface area contributed by atoms with Crippen LogP contribution in [-0.4, -0.2) is 16.2 Å². The minimum atomic E-state index is 0.895. The third kappa shape index (κ3) is 3.65. The van der Waals surface area contributed by atoms with Crippen molar-refractivity contribution in [2.24, 2.45) is 10.9 Å². The first-order valence-corrected chi connectivity index (χ1v) is 4.50. The number of rotatable bonds is 1. The van der Waals surface area contributed by atoms with Gasteiger partial charge in [-0.2, -0.15) is 5.10 Å². The van der Waals surface area contributed by atoms with Crippen LogP contribution in [0.5, 0.6) is 0 Å². The van der Waals surface area contributed by atoms with E-state index >= 15 is 0 Å². The summed E-state index contributed by atoms with van der Waals surface area (Å²) in [7, 11) is 0. The summed E-state index contributed by atoms with van der Waals surface area (Å²) in [5.74, 6) is 5.04. The normalized spacial score (nSPS) is 9.00. The first kappa shape index (κ1) is 14.1.